The molecule has 148 valence electrons. The highest BCUT2D eigenvalue weighted by Gasteiger charge is 2.35. The molecule has 1 saturated heterocycles. The molecule has 1 heterocycles. The Morgan fingerprint density at radius 1 is 1.04 bits per heavy atom. The van der Waals surface area contributed by atoms with Gasteiger partial charge in [-0.05, 0) is 37.8 Å². The molecule has 2 N–H and O–H groups in total. The number of hydrogen-bond acceptors (Lipinski definition) is 4. The van der Waals surface area contributed by atoms with E-state index >= 15 is 0 Å². The molecule has 0 bridgehead atoms. The summed E-state index contributed by atoms with van der Waals surface area (Å²) in [5, 5.41) is 6.01. The molecule has 0 unspecified atom stereocenters. The molecule has 1 aromatic carbocycles. The van der Waals surface area contributed by atoms with E-state index in [0.29, 0.717) is 30.2 Å². The number of hydrogen-bond donors (Lipinski definition) is 2. The SMILES string of the molecule is COc1ccc(NC(=O)[C@H]2CCCN2C(=O)NC2CCCCC2)c(OC)c1. The van der Waals surface area contributed by atoms with Crippen molar-refractivity contribution < 1.29 is 19.1 Å². The van der Waals surface area contributed by atoms with Gasteiger partial charge in [-0.2, -0.15) is 0 Å². The van der Waals surface area contributed by atoms with E-state index in [-0.39, 0.29) is 18.0 Å². The zero-order valence-corrected chi connectivity index (χ0v) is 16.1. The molecule has 1 aliphatic heterocycles. The zero-order chi connectivity index (χ0) is 19.2. The number of carbonyl (C=O) groups is 2. The number of rotatable bonds is 5. The maximum absolute atomic E-state index is 12.8. The number of anilines is 1. The first-order valence-electron chi connectivity index (χ1n) is 9.72. The highest BCUT2D eigenvalue weighted by Crippen LogP contribution is 2.30. The fraction of sp³-hybridized carbons (Fsp3) is 0.600. The minimum absolute atomic E-state index is 0.124. The lowest BCUT2D eigenvalue weighted by molar-refractivity contribution is -0.119. The van der Waals surface area contributed by atoms with Gasteiger partial charge in [0.1, 0.15) is 17.5 Å². The van der Waals surface area contributed by atoms with E-state index in [2.05, 4.69) is 10.6 Å². The van der Waals surface area contributed by atoms with E-state index < -0.39 is 6.04 Å². The summed E-state index contributed by atoms with van der Waals surface area (Å²) in [5.74, 6) is 0.993. The van der Waals surface area contributed by atoms with Crippen molar-refractivity contribution in [2.75, 3.05) is 26.1 Å². The molecular formula is C20H29N3O4. The molecule has 1 saturated carbocycles. The van der Waals surface area contributed by atoms with Gasteiger partial charge in [-0.3, -0.25) is 4.79 Å². The van der Waals surface area contributed by atoms with Crippen molar-refractivity contribution in [3.05, 3.63) is 18.2 Å². The first kappa shape index (κ1) is 19.3. The third kappa shape index (κ3) is 4.64. The van der Waals surface area contributed by atoms with Crippen LogP contribution in [0, 0.1) is 0 Å². The largest absolute Gasteiger partial charge is 0.497 e. The Morgan fingerprint density at radius 3 is 2.52 bits per heavy atom. The molecule has 0 radical (unpaired) electrons. The molecule has 2 aliphatic rings. The van der Waals surface area contributed by atoms with Crippen LogP contribution in [0.3, 0.4) is 0 Å². The van der Waals surface area contributed by atoms with Crippen LogP contribution < -0.4 is 20.1 Å². The van der Waals surface area contributed by atoms with E-state index in [1.54, 1.807) is 37.3 Å². The number of urea groups is 1. The van der Waals surface area contributed by atoms with E-state index in [4.69, 9.17) is 9.47 Å². The average Bonchev–Trinajstić information content (AvgIpc) is 3.19. The van der Waals surface area contributed by atoms with Gasteiger partial charge in [-0.1, -0.05) is 19.3 Å². The van der Waals surface area contributed by atoms with Gasteiger partial charge >= 0.3 is 6.03 Å². The number of nitrogens with one attached hydrogen (secondary N) is 2. The van der Waals surface area contributed by atoms with Crippen molar-refractivity contribution in [1.82, 2.24) is 10.2 Å². The summed E-state index contributed by atoms with van der Waals surface area (Å²) in [6.07, 6.45) is 7.11. The van der Waals surface area contributed by atoms with Crippen LogP contribution in [0.2, 0.25) is 0 Å². The second kappa shape index (κ2) is 8.97. The Kier molecular flexibility index (Phi) is 6.42. The molecule has 1 atom stereocenters. The fourth-order valence-electron chi connectivity index (χ4n) is 3.90. The first-order chi connectivity index (χ1) is 13.1. The third-order valence-electron chi connectivity index (χ3n) is 5.42. The summed E-state index contributed by atoms with van der Waals surface area (Å²) in [4.78, 5) is 27.2. The van der Waals surface area contributed by atoms with Crippen molar-refractivity contribution in [2.24, 2.45) is 0 Å². The Bertz CT molecular complexity index is 673. The van der Waals surface area contributed by atoms with Gasteiger partial charge in [0.05, 0.1) is 19.9 Å². The summed E-state index contributed by atoms with van der Waals surface area (Å²) >= 11 is 0. The predicted molar refractivity (Wildman–Crippen MR) is 103 cm³/mol. The maximum atomic E-state index is 12.8. The van der Waals surface area contributed by atoms with Crippen LogP contribution in [0.15, 0.2) is 18.2 Å². The second-order valence-electron chi connectivity index (χ2n) is 7.19. The highest BCUT2D eigenvalue weighted by atomic mass is 16.5. The van der Waals surface area contributed by atoms with Crippen LogP contribution in [-0.2, 0) is 4.79 Å². The summed E-state index contributed by atoms with van der Waals surface area (Å²) in [7, 11) is 3.12. The third-order valence-corrected chi connectivity index (χ3v) is 5.42. The Morgan fingerprint density at radius 2 is 1.81 bits per heavy atom. The van der Waals surface area contributed by atoms with E-state index in [9.17, 15) is 9.59 Å². The Labute approximate surface area is 160 Å². The topological polar surface area (TPSA) is 79.9 Å². The number of carbonyl (C=O) groups excluding carboxylic acids is 2. The molecule has 27 heavy (non-hydrogen) atoms. The van der Waals surface area contributed by atoms with Crippen LogP contribution in [0.4, 0.5) is 10.5 Å². The monoisotopic (exact) mass is 375 g/mol. The molecule has 2 fully saturated rings. The molecule has 0 spiro atoms. The van der Waals surface area contributed by atoms with E-state index in [1.807, 2.05) is 0 Å². The van der Waals surface area contributed by atoms with Crippen molar-refractivity contribution in [3.8, 4) is 11.5 Å². The summed E-state index contributed by atoms with van der Waals surface area (Å²) in [5.41, 5.74) is 0.572. The zero-order valence-electron chi connectivity index (χ0n) is 16.1. The molecule has 1 aliphatic carbocycles. The number of likely N-dealkylation sites (tertiary alicyclic amines) is 1. The number of methoxy groups -OCH3 is 2. The van der Waals surface area contributed by atoms with Crippen LogP contribution >= 0.6 is 0 Å². The molecule has 7 heteroatoms. The van der Waals surface area contributed by atoms with Gasteiger partial charge in [0.15, 0.2) is 0 Å². The predicted octanol–water partition coefficient (Wildman–Crippen LogP) is 3.15. The normalized spacial score (nSPS) is 20.2. The lowest BCUT2D eigenvalue weighted by Gasteiger charge is -2.29. The van der Waals surface area contributed by atoms with Gasteiger partial charge in [-0.15, -0.1) is 0 Å². The molecular weight excluding hydrogens is 346 g/mol. The molecule has 0 aromatic heterocycles. The second-order valence-corrected chi connectivity index (χ2v) is 7.19. The standard InChI is InChI=1S/C20H29N3O4/c1-26-15-10-11-16(18(13-15)27-2)22-19(24)17-9-6-12-23(17)20(25)21-14-7-4-3-5-8-14/h10-11,13-14,17H,3-9,12H2,1-2H3,(H,21,25)(H,22,24)/t17-/m1/s1. The van der Waals surface area contributed by atoms with Crippen molar-refractivity contribution in [2.45, 2.75) is 57.0 Å². The number of benzene rings is 1. The molecule has 7 nitrogen and oxygen atoms in total. The fourth-order valence-corrected chi connectivity index (χ4v) is 3.90. The van der Waals surface area contributed by atoms with Crippen molar-refractivity contribution in [3.63, 3.8) is 0 Å². The Hall–Kier alpha value is -2.44. The lowest BCUT2D eigenvalue weighted by atomic mass is 9.96. The number of amides is 3. The van der Waals surface area contributed by atoms with Gasteiger partial charge in [0.2, 0.25) is 5.91 Å². The van der Waals surface area contributed by atoms with Crippen LogP contribution in [-0.4, -0.2) is 49.7 Å². The van der Waals surface area contributed by atoms with Gasteiger partial charge in [0, 0.05) is 18.7 Å². The van der Waals surface area contributed by atoms with Crippen molar-refractivity contribution >= 4 is 17.6 Å². The maximum Gasteiger partial charge on any atom is 0.318 e. The Balaban J connectivity index is 1.64. The first-order valence-corrected chi connectivity index (χ1v) is 9.72. The summed E-state index contributed by atoms with van der Waals surface area (Å²) < 4.78 is 10.5. The van der Waals surface area contributed by atoms with Crippen LogP contribution in [0.1, 0.15) is 44.9 Å². The van der Waals surface area contributed by atoms with E-state index in [0.717, 1.165) is 32.1 Å². The summed E-state index contributed by atoms with van der Waals surface area (Å²) in [6.45, 7) is 0.608. The smallest absolute Gasteiger partial charge is 0.318 e. The van der Waals surface area contributed by atoms with Crippen LogP contribution in [0.25, 0.3) is 0 Å². The summed E-state index contributed by atoms with van der Waals surface area (Å²) in [6, 6.07) is 4.88. The molecule has 3 rings (SSSR count). The van der Waals surface area contributed by atoms with Gasteiger partial charge in [-0.25, -0.2) is 4.79 Å². The molecule has 1 aromatic rings. The number of ether oxygens (including phenoxy) is 2. The minimum Gasteiger partial charge on any atom is -0.497 e. The van der Waals surface area contributed by atoms with Crippen molar-refractivity contribution in [1.29, 1.82) is 0 Å². The minimum atomic E-state index is -0.458. The quantitative estimate of drug-likeness (QED) is 0.829. The average molecular weight is 375 g/mol. The lowest BCUT2D eigenvalue weighted by Crippen LogP contribution is -2.50. The van der Waals surface area contributed by atoms with E-state index in [1.165, 1.54) is 6.42 Å². The number of nitrogens with zero attached hydrogens (tertiary/aromatic N) is 1. The van der Waals surface area contributed by atoms with Gasteiger partial charge in [0.25, 0.3) is 0 Å². The highest BCUT2D eigenvalue weighted by molar-refractivity contribution is 5.98. The molecule has 3 amide bonds. The van der Waals surface area contributed by atoms with Crippen LogP contribution in [0.5, 0.6) is 11.5 Å². The van der Waals surface area contributed by atoms with Gasteiger partial charge < -0.3 is 25.0 Å².